The summed E-state index contributed by atoms with van der Waals surface area (Å²) in [7, 11) is 0. The minimum atomic E-state index is 0.143. The van der Waals surface area contributed by atoms with Crippen molar-refractivity contribution in [1.82, 2.24) is 5.32 Å². The van der Waals surface area contributed by atoms with Gasteiger partial charge in [-0.2, -0.15) is 0 Å². The first-order valence-corrected chi connectivity index (χ1v) is 7.29. The van der Waals surface area contributed by atoms with Crippen LogP contribution in [0.2, 0.25) is 0 Å². The zero-order valence-corrected chi connectivity index (χ0v) is 12.0. The molecule has 0 saturated carbocycles. The second-order valence-electron chi connectivity index (χ2n) is 5.11. The first-order chi connectivity index (χ1) is 9.83. The molecule has 0 heterocycles. The fourth-order valence-corrected chi connectivity index (χ4v) is 2.39. The van der Waals surface area contributed by atoms with Gasteiger partial charge in [-0.05, 0) is 24.0 Å². The van der Waals surface area contributed by atoms with Crippen LogP contribution in [0, 0.1) is 0 Å². The Kier molecular flexibility index (Phi) is 5.78. The number of rotatable bonds is 7. The lowest BCUT2D eigenvalue weighted by molar-refractivity contribution is 0.227. The Hall–Kier alpha value is -1.64. The van der Waals surface area contributed by atoms with Gasteiger partial charge in [0.2, 0.25) is 0 Å². The molecule has 0 aliphatic carbocycles. The van der Waals surface area contributed by atoms with Gasteiger partial charge in [0.1, 0.15) is 0 Å². The van der Waals surface area contributed by atoms with Crippen molar-refractivity contribution in [2.45, 2.75) is 31.8 Å². The van der Waals surface area contributed by atoms with Crippen molar-refractivity contribution < 1.29 is 5.11 Å². The molecule has 2 nitrogen and oxygen atoms in total. The molecule has 0 saturated heterocycles. The van der Waals surface area contributed by atoms with Crippen molar-refractivity contribution in [2.75, 3.05) is 6.61 Å². The summed E-state index contributed by atoms with van der Waals surface area (Å²) < 4.78 is 0. The summed E-state index contributed by atoms with van der Waals surface area (Å²) in [5, 5.41) is 13.0. The third kappa shape index (κ3) is 4.19. The summed E-state index contributed by atoms with van der Waals surface area (Å²) in [5.41, 5.74) is 2.57. The summed E-state index contributed by atoms with van der Waals surface area (Å²) in [5.74, 6) is 0. The number of nitrogens with one attached hydrogen (secondary N) is 1. The van der Waals surface area contributed by atoms with Crippen molar-refractivity contribution in [3.05, 3.63) is 71.8 Å². The highest BCUT2D eigenvalue weighted by molar-refractivity contribution is 5.23. The lowest BCUT2D eigenvalue weighted by atomic mass is 9.98. The lowest BCUT2D eigenvalue weighted by Crippen LogP contribution is -2.36. The van der Waals surface area contributed by atoms with Gasteiger partial charge in [-0.1, -0.05) is 67.6 Å². The predicted octanol–water partition coefficient (Wildman–Crippen LogP) is 3.33. The molecule has 2 rings (SSSR count). The molecular weight excluding hydrogens is 246 g/mol. The van der Waals surface area contributed by atoms with Crippen LogP contribution in [0.3, 0.4) is 0 Å². The Morgan fingerprint density at radius 1 is 0.950 bits per heavy atom. The number of aliphatic hydroxyl groups is 1. The normalized spacial score (nSPS) is 13.9. The van der Waals surface area contributed by atoms with Gasteiger partial charge in [0, 0.05) is 12.1 Å². The van der Waals surface area contributed by atoms with E-state index in [1.807, 2.05) is 12.1 Å². The first-order valence-electron chi connectivity index (χ1n) is 7.29. The Balaban J connectivity index is 2.16. The van der Waals surface area contributed by atoms with Gasteiger partial charge in [-0.25, -0.2) is 0 Å². The number of hydrogen-bond donors (Lipinski definition) is 2. The average Bonchev–Trinajstić information content (AvgIpc) is 2.53. The lowest BCUT2D eigenvalue weighted by Gasteiger charge is -2.24. The quantitative estimate of drug-likeness (QED) is 0.808. The van der Waals surface area contributed by atoms with Crippen molar-refractivity contribution in [1.29, 1.82) is 0 Å². The van der Waals surface area contributed by atoms with E-state index in [4.69, 9.17) is 0 Å². The minimum Gasteiger partial charge on any atom is -0.395 e. The molecular formula is C18H23NO. The molecule has 2 N–H and O–H groups in total. The second-order valence-corrected chi connectivity index (χ2v) is 5.11. The highest BCUT2D eigenvalue weighted by Crippen LogP contribution is 2.19. The number of benzene rings is 2. The maximum Gasteiger partial charge on any atom is 0.0584 e. The van der Waals surface area contributed by atoms with Crippen molar-refractivity contribution in [3.8, 4) is 0 Å². The van der Waals surface area contributed by atoms with Crippen molar-refractivity contribution in [2.24, 2.45) is 0 Å². The molecule has 0 aliphatic heterocycles. The van der Waals surface area contributed by atoms with E-state index in [9.17, 15) is 5.11 Å². The summed E-state index contributed by atoms with van der Waals surface area (Å²) in [6.07, 6.45) is 1.86. The van der Waals surface area contributed by atoms with E-state index in [0.29, 0.717) is 0 Å². The third-order valence-electron chi connectivity index (χ3n) is 3.63. The molecule has 2 heteroatoms. The summed E-state index contributed by atoms with van der Waals surface area (Å²) in [6.45, 7) is 2.27. The Morgan fingerprint density at radius 2 is 1.55 bits per heavy atom. The van der Waals surface area contributed by atoms with Crippen LogP contribution in [0.4, 0.5) is 0 Å². The van der Waals surface area contributed by atoms with E-state index in [1.54, 1.807) is 0 Å². The summed E-state index contributed by atoms with van der Waals surface area (Å²) in [4.78, 5) is 0. The standard InChI is InChI=1S/C18H23NO/c1-2-17(14-20)19-18(16-11-7-4-8-12-16)13-15-9-5-3-6-10-15/h3-12,17-20H,2,13-14H2,1H3/t17-,18?/m1/s1. The number of aliphatic hydroxyl groups excluding tert-OH is 1. The molecule has 20 heavy (non-hydrogen) atoms. The van der Waals surface area contributed by atoms with Gasteiger partial charge in [0.05, 0.1) is 6.61 Å². The summed E-state index contributed by atoms with van der Waals surface area (Å²) >= 11 is 0. The predicted molar refractivity (Wildman–Crippen MR) is 83.6 cm³/mol. The van der Waals surface area contributed by atoms with Gasteiger partial charge < -0.3 is 10.4 Å². The van der Waals surface area contributed by atoms with Crippen LogP contribution in [0.25, 0.3) is 0 Å². The van der Waals surface area contributed by atoms with E-state index < -0.39 is 0 Å². The Labute approximate surface area is 121 Å². The second kappa shape index (κ2) is 7.83. The van der Waals surface area contributed by atoms with Gasteiger partial charge in [0.25, 0.3) is 0 Å². The van der Waals surface area contributed by atoms with Gasteiger partial charge >= 0.3 is 0 Å². The fraction of sp³-hybridized carbons (Fsp3) is 0.333. The molecule has 2 aromatic carbocycles. The van der Waals surface area contributed by atoms with Crippen LogP contribution in [0.15, 0.2) is 60.7 Å². The molecule has 1 unspecified atom stereocenters. The SMILES string of the molecule is CC[C@H](CO)NC(Cc1ccccc1)c1ccccc1. The molecule has 0 radical (unpaired) electrons. The maximum atomic E-state index is 9.43. The monoisotopic (exact) mass is 269 g/mol. The molecule has 0 aliphatic rings. The van der Waals surface area contributed by atoms with Crippen LogP contribution >= 0.6 is 0 Å². The van der Waals surface area contributed by atoms with Crippen molar-refractivity contribution >= 4 is 0 Å². The molecule has 0 spiro atoms. The minimum absolute atomic E-state index is 0.143. The maximum absolute atomic E-state index is 9.43. The Morgan fingerprint density at radius 3 is 2.10 bits per heavy atom. The molecule has 0 amide bonds. The fourth-order valence-electron chi connectivity index (χ4n) is 2.39. The Bertz CT molecular complexity index is 479. The zero-order valence-electron chi connectivity index (χ0n) is 12.0. The highest BCUT2D eigenvalue weighted by Gasteiger charge is 2.15. The molecule has 2 atom stereocenters. The van der Waals surface area contributed by atoms with E-state index in [0.717, 1.165) is 12.8 Å². The summed E-state index contributed by atoms with van der Waals surface area (Å²) in [6, 6.07) is 21.3. The largest absolute Gasteiger partial charge is 0.395 e. The van der Waals surface area contributed by atoms with Gasteiger partial charge in [-0.3, -0.25) is 0 Å². The van der Waals surface area contributed by atoms with Crippen LogP contribution in [-0.4, -0.2) is 17.8 Å². The molecule has 0 bridgehead atoms. The average molecular weight is 269 g/mol. The van der Waals surface area contributed by atoms with Crippen LogP contribution in [-0.2, 0) is 6.42 Å². The van der Waals surface area contributed by atoms with Gasteiger partial charge in [0.15, 0.2) is 0 Å². The van der Waals surface area contributed by atoms with Crippen LogP contribution < -0.4 is 5.32 Å². The number of hydrogen-bond acceptors (Lipinski definition) is 2. The van der Waals surface area contributed by atoms with E-state index in [-0.39, 0.29) is 18.7 Å². The smallest absolute Gasteiger partial charge is 0.0584 e. The molecule has 0 aromatic heterocycles. The van der Waals surface area contributed by atoms with E-state index in [1.165, 1.54) is 11.1 Å². The zero-order chi connectivity index (χ0) is 14.2. The topological polar surface area (TPSA) is 32.3 Å². The van der Waals surface area contributed by atoms with Crippen molar-refractivity contribution in [3.63, 3.8) is 0 Å². The van der Waals surface area contributed by atoms with Gasteiger partial charge in [-0.15, -0.1) is 0 Å². The molecule has 106 valence electrons. The van der Waals surface area contributed by atoms with Crippen LogP contribution in [0.5, 0.6) is 0 Å². The third-order valence-corrected chi connectivity index (χ3v) is 3.63. The van der Waals surface area contributed by atoms with E-state index >= 15 is 0 Å². The first kappa shape index (κ1) is 14.8. The van der Waals surface area contributed by atoms with E-state index in [2.05, 4.69) is 60.8 Å². The highest BCUT2D eigenvalue weighted by atomic mass is 16.3. The molecule has 0 fully saturated rings. The van der Waals surface area contributed by atoms with Crippen LogP contribution in [0.1, 0.15) is 30.5 Å². The molecule has 2 aromatic rings.